The average Bonchev–Trinajstić information content (AvgIpc) is 3.33. The van der Waals surface area contributed by atoms with Crippen molar-refractivity contribution in [1.29, 1.82) is 0 Å². The average molecular weight is 490 g/mol. The van der Waals surface area contributed by atoms with Gasteiger partial charge in [-0.25, -0.2) is 9.59 Å². The molecular formula is C25H35N3O7. The van der Waals surface area contributed by atoms with Gasteiger partial charge < -0.3 is 25.0 Å². The lowest BCUT2D eigenvalue weighted by Crippen LogP contribution is -2.57. The molecule has 1 aliphatic heterocycles. The van der Waals surface area contributed by atoms with Crippen LogP contribution in [-0.4, -0.2) is 66.3 Å². The quantitative estimate of drug-likeness (QED) is 0.378. The van der Waals surface area contributed by atoms with Crippen molar-refractivity contribution in [1.82, 2.24) is 15.5 Å². The summed E-state index contributed by atoms with van der Waals surface area (Å²) in [7, 11) is 1.10. The van der Waals surface area contributed by atoms with E-state index in [1.54, 1.807) is 27.7 Å². The fraction of sp³-hybridized carbons (Fsp3) is 0.560. The molecule has 1 aromatic carbocycles. The molecule has 2 rings (SSSR count). The van der Waals surface area contributed by atoms with Gasteiger partial charge in [-0.1, -0.05) is 58.0 Å². The first-order valence-electron chi connectivity index (χ1n) is 11.8. The molecule has 2 N–H and O–H groups in total. The number of carbonyl (C=O) groups excluding carboxylic acids is 5. The summed E-state index contributed by atoms with van der Waals surface area (Å²) in [5.74, 6) is -3.45. The van der Waals surface area contributed by atoms with Crippen molar-refractivity contribution >= 4 is 29.7 Å². The summed E-state index contributed by atoms with van der Waals surface area (Å²) in [5.41, 5.74) is 0.813. The Hall–Kier alpha value is -3.43. The van der Waals surface area contributed by atoms with Crippen LogP contribution in [-0.2, 0) is 35.3 Å². The number of amides is 3. The van der Waals surface area contributed by atoms with Gasteiger partial charge in [0.05, 0.1) is 7.11 Å². The highest BCUT2D eigenvalue weighted by atomic mass is 16.5. The van der Waals surface area contributed by atoms with E-state index < -0.39 is 47.8 Å². The third-order valence-electron chi connectivity index (χ3n) is 5.89. The van der Waals surface area contributed by atoms with Crippen LogP contribution in [0, 0.1) is 11.8 Å². The number of ketones is 1. The molecule has 0 bridgehead atoms. The Bertz CT molecular complexity index is 917. The number of hydrogen-bond acceptors (Lipinski definition) is 7. The summed E-state index contributed by atoms with van der Waals surface area (Å²) >= 11 is 0. The van der Waals surface area contributed by atoms with Gasteiger partial charge in [0.1, 0.15) is 24.7 Å². The number of ether oxygens (including phenoxy) is 2. The van der Waals surface area contributed by atoms with E-state index in [0.717, 1.165) is 12.7 Å². The third kappa shape index (κ3) is 7.53. The van der Waals surface area contributed by atoms with Crippen LogP contribution in [0.4, 0.5) is 4.79 Å². The van der Waals surface area contributed by atoms with Crippen LogP contribution in [0.3, 0.4) is 0 Å². The molecule has 3 atom stereocenters. The van der Waals surface area contributed by atoms with E-state index in [1.165, 1.54) is 4.90 Å². The van der Waals surface area contributed by atoms with Crippen LogP contribution >= 0.6 is 0 Å². The minimum Gasteiger partial charge on any atom is -0.463 e. The summed E-state index contributed by atoms with van der Waals surface area (Å²) in [4.78, 5) is 64.2. The summed E-state index contributed by atoms with van der Waals surface area (Å²) in [6, 6.07) is 6.37. The molecule has 3 unspecified atom stereocenters. The van der Waals surface area contributed by atoms with Crippen molar-refractivity contribution in [3.05, 3.63) is 35.9 Å². The Morgan fingerprint density at radius 1 is 0.971 bits per heavy atom. The molecule has 192 valence electrons. The van der Waals surface area contributed by atoms with Gasteiger partial charge in [-0.2, -0.15) is 0 Å². The second-order valence-corrected chi connectivity index (χ2v) is 9.20. The molecule has 10 heteroatoms. The first-order valence-corrected chi connectivity index (χ1v) is 11.8. The predicted molar refractivity (Wildman–Crippen MR) is 127 cm³/mol. The van der Waals surface area contributed by atoms with Crippen LogP contribution in [0.5, 0.6) is 0 Å². The summed E-state index contributed by atoms with van der Waals surface area (Å²) < 4.78 is 9.75. The van der Waals surface area contributed by atoms with Gasteiger partial charge in [-0.15, -0.1) is 0 Å². The number of alkyl carbamates (subject to hydrolysis) is 1. The lowest BCUT2D eigenvalue weighted by atomic mass is 9.98. The molecule has 1 fully saturated rings. The van der Waals surface area contributed by atoms with Crippen molar-refractivity contribution in [3.8, 4) is 0 Å². The van der Waals surface area contributed by atoms with Crippen LogP contribution in [0.1, 0.15) is 46.1 Å². The number of rotatable bonds is 10. The maximum absolute atomic E-state index is 13.4. The van der Waals surface area contributed by atoms with E-state index in [-0.39, 0.29) is 18.4 Å². The summed E-state index contributed by atoms with van der Waals surface area (Å²) in [6.07, 6.45) is 0.257. The van der Waals surface area contributed by atoms with Gasteiger partial charge in [-0.3, -0.25) is 14.4 Å². The maximum Gasteiger partial charge on any atom is 0.408 e. The van der Waals surface area contributed by atoms with Crippen molar-refractivity contribution < 1.29 is 33.4 Å². The smallest absolute Gasteiger partial charge is 0.408 e. The van der Waals surface area contributed by atoms with Crippen molar-refractivity contribution in [2.75, 3.05) is 13.7 Å². The van der Waals surface area contributed by atoms with Gasteiger partial charge in [-0.05, 0) is 30.2 Å². The molecule has 3 amide bonds. The first-order chi connectivity index (χ1) is 16.6. The van der Waals surface area contributed by atoms with Crippen LogP contribution < -0.4 is 10.6 Å². The number of likely N-dealkylation sites (tertiary alicyclic amines) is 1. The Balaban J connectivity index is 2.06. The second-order valence-electron chi connectivity index (χ2n) is 9.20. The zero-order chi connectivity index (χ0) is 26.1. The Morgan fingerprint density at radius 3 is 2.17 bits per heavy atom. The maximum atomic E-state index is 13.4. The van der Waals surface area contributed by atoms with E-state index in [4.69, 9.17) is 4.74 Å². The molecule has 0 aliphatic carbocycles. The number of hydrogen-bond donors (Lipinski definition) is 2. The molecule has 1 aliphatic rings. The number of Topliss-reactive ketones (excluding diaryl/α,β-unsaturated/α-hetero) is 1. The fourth-order valence-corrected chi connectivity index (χ4v) is 3.90. The monoisotopic (exact) mass is 489 g/mol. The highest BCUT2D eigenvalue weighted by Gasteiger charge is 2.40. The van der Waals surface area contributed by atoms with Crippen LogP contribution in [0.25, 0.3) is 0 Å². The van der Waals surface area contributed by atoms with Gasteiger partial charge in [0.25, 0.3) is 5.78 Å². The lowest BCUT2D eigenvalue weighted by Gasteiger charge is -2.31. The number of nitrogens with zero attached hydrogens (tertiary/aromatic N) is 1. The van der Waals surface area contributed by atoms with E-state index >= 15 is 0 Å². The highest BCUT2D eigenvalue weighted by Crippen LogP contribution is 2.21. The number of methoxy groups -OCH3 is 1. The van der Waals surface area contributed by atoms with Crippen molar-refractivity contribution in [2.24, 2.45) is 11.8 Å². The standard InChI is InChI=1S/C25H35N3O7/c1-15(2)19(21(29)24(32)34-5)26-22(30)18-12-9-13-28(18)23(31)20(16(3)4)27-25(33)35-14-17-10-7-6-8-11-17/h6-8,10-11,15-16,18-20H,9,12-14H2,1-5H3,(H,26,30)(H,27,33). The largest absolute Gasteiger partial charge is 0.463 e. The van der Waals surface area contributed by atoms with Crippen molar-refractivity contribution in [3.63, 3.8) is 0 Å². The van der Waals surface area contributed by atoms with Gasteiger partial charge in [0.2, 0.25) is 11.8 Å². The highest BCUT2D eigenvalue weighted by molar-refractivity contribution is 6.36. The van der Waals surface area contributed by atoms with Crippen molar-refractivity contribution in [2.45, 2.75) is 65.3 Å². The molecule has 0 saturated carbocycles. The van der Waals surface area contributed by atoms with Gasteiger partial charge in [0.15, 0.2) is 0 Å². The molecular weight excluding hydrogens is 454 g/mol. The molecule has 1 heterocycles. The second kappa shape index (κ2) is 12.9. The zero-order valence-corrected chi connectivity index (χ0v) is 20.9. The topological polar surface area (TPSA) is 131 Å². The molecule has 10 nitrogen and oxygen atoms in total. The third-order valence-corrected chi connectivity index (χ3v) is 5.89. The minimum atomic E-state index is -1.07. The molecule has 1 aromatic rings. The first kappa shape index (κ1) is 27.8. The summed E-state index contributed by atoms with van der Waals surface area (Å²) in [5, 5.41) is 5.23. The molecule has 35 heavy (non-hydrogen) atoms. The molecule has 1 saturated heterocycles. The van der Waals surface area contributed by atoms with Crippen LogP contribution in [0.15, 0.2) is 30.3 Å². The van der Waals surface area contributed by atoms with E-state index in [9.17, 15) is 24.0 Å². The molecule has 0 aromatic heterocycles. The van der Waals surface area contributed by atoms with Gasteiger partial charge in [0, 0.05) is 6.54 Å². The molecule has 0 radical (unpaired) electrons. The predicted octanol–water partition coefficient (Wildman–Crippen LogP) is 1.81. The summed E-state index contributed by atoms with van der Waals surface area (Å²) in [6.45, 7) is 7.36. The van der Waals surface area contributed by atoms with Gasteiger partial charge >= 0.3 is 12.1 Å². The van der Waals surface area contributed by atoms with E-state index in [0.29, 0.717) is 19.4 Å². The number of carbonyl (C=O) groups is 5. The minimum absolute atomic E-state index is 0.0608. The zero-order valence-electron chi connectivity index (χ0n) is 20.9. The lowest BCUT2D eigenvalue weighted by molar-refractivity contribution is -0.153. The number of esters is 1. The normalized spacial score (nSPS) is 17.0. The number of benzene rings is 1. The van der Waals surface area contributed by atoms with E-state index in [2.05, 4.69) is 15.4 Å². The SMILES string of the molecule is COC(=O)C(=O)C(NC(=O)C1CCCN1C(=O)C(NC(=O)OCc1ccccc1)C(C)C)C(C)C. The molecule has 0 spiro atoms. The fourth-order valence-electron chi connectivity index (χ4n) is 3.90. The van der Waals surface area contributed by atoms with E-state index in [1.807, 2.05) is 30.3 Å². The number of nitrogens with one attached hydrogen (secondary N) is 2. The Labute approximate surface area is 205 Å². The Kier molecular flexibility index (Phi) is 10.2. The Morgan fingerprint density at radius 2 is 1.60 bits per heavy atom. The van der Waals surface area contributed by atoms with Crippen LogP contribution in [0.2, 0.25) is 0 Å².